The van der Waals surface area contributed by atoms with E-state index >= 15 is 0 Å². The van der Waals surface area contributed by atoms with E-state index in [0.717, 1.165) is 30.1 Å². The smallest absolute Gasteiger partial charge is 0.0426 e. The maximum Gasteiger partial charge on any atom is 0.0426 e. The molecule has 3 rings (SSSR count). The predicted octanol–water partition coefficient (Wildman–Crippen LogP) is 2.85. The zero-order valence-corrected chi connectivity index (χ0v) is 13.6. The van der Waals surface area contributed by atoms with Crippen LogP contribution in [0.5, 0.6) is 0 Å². The molecule has 1 aromatic rings. The van der Waals surface area contributed by atoms with Crippen molar-refractivity contribution < 1.29 is 0 Å². The molecule has 1 saturated heterocycles. The zero-order chi connectivity index (χ0) is 14.7. The molecule has 2 fully saturated rings. The fourth-order valence-corrected chi connectivity index (χ4v) is 4.01. The van der Waals surface area contributed by atoms with E-state index in [2.05, 4.69) is 34.3 Å². The third-order valence-corrected chi connectivity index (χ3v) is 5.30. The summed E-state index contributed by atoms with van der Waals surface area (Å²) in [5.74, 6) is 0.840. The van der Waals surface area contributed by atoms with E-state index in [4.69, 9.17) is 11.6 Å². The Morgan fingerprint density at radius 2 is 2.00 bits per heavy atom. The summed E-state index contributed by atoms with van der Waals surface area (Å²) in [4.78, 5) is 5.09. The number of rotatable bonds is 4. The first kappa shape index (κ1) is 15.1. The molecule has 0 spiro atoms. The van der Waals surface area contributed by atoms with Gasteiger partial charge in [-0.25, -0.2) is 0 Å². The second-order valence-electron chi connectivity index (χ2n) is 6.35. The van der Waals surface area contributed by atoms with Gasteiger partial charge in [-0.1, -0.05) is 24.1 Å². The van der Waals surface area contributed by atoms with Crippen LogP contribution >= 0.6 is 11.6 Å². The topological polar surface area (TPSA) is 18.5 Å². The molecule has 0 aromatic heterocycles. The Bertz CT molecular complexity index is 457. The fourth-order valence-electron chi connectivity index (χ4n) is 3.83. The van der Waals surface area contributed by atoms with Gasteiger partial charge in [0.15, 0.2) is 0 Å². The second-order valence-corrected chi connectivity index (χ2v) is 6.79. The van der Waals surface area contributed by atoms with E-state index in [-0.39, 0.29) is 0 Å². The van der Waals surface area contributed by atoms with Crippen LogP contribution < -0.4 is 10.2 Å². The largest absolute Gasteiger partial charge is 0.369 e. The highest BCUT2D eigenvalue weighted by molar-refractivity contribution is 6.30. The van der Waals surface area contributed by atoms with Crippen LogP contribution in [-0.4, -0.2) is 50.7 Å². The molecule has 1 aromatic carbocycles. The summed E-state index contributed by atoms with van der Waals surface area (Å²) in [7, 11) is 2.11. The van der Waals surface area contributed by atoms with Gasteiger partial charge >= 0.3 is 0 Å². The molecule has 4 heteroatoms. The first-order valence-electron chi connectivity index (χ1n) is 8.16. The van der Waals surface area contributed by atoms with Crippen LogP contribution in [0.3, 0.4) is 0 Å². The van der Waals surface area contributed by atoms with Gasteiger partial charge in [-0.05, 0) is 44.0 Å². The number of nitrogens with one attached hydrogen (secondary N) is 1. The van der Waals surface area contributed by atoms with Crippen molar-refractivity contribution in [2.24, 2.45) is 5.92 Å². The lowest BCUT2D eigenvalue weighted by Crippen LogP contribution is -2.49. The van der Waals surface area contributed by atoms with Crippen molar-refractivity contribution >= 4 is 17.3 Å². The molecule has 21 heavy (non-hydrogen) atoms. The Morgan fingerprint density at radius 1 is 1.19 bits per heavy atom. The lowest BCUT2D eigenvalue weighted by Gasteiger charge is -2.38. The molecule has 2 atom stereocenters. The van der Waals surface area contributed by atoms with Gasteiger partial charge in [-0.2, -0.15) is 0 Å². The van der Waals surface area contributed by atoms with Crippen molar-refractivity contribution in [3.8, 4) is 0 Å². The van der Waals surface area contributed by atoms with Crippen molar-refractivity contribution in [1.82, 2.24) is 10.2 Å². The number of piperazine rings is 1. The Hall–Kier alpha value is -0.770. The monoisotopic (exact) mass is 307 g/mol. The maximum absolute atomic E-state index is 6.09. The first-order chi connectivity index (χ1) is 10.3. The first-order valence-corrected chi connectivity index (χ1v) is 8.54. The van der Waals surface area contributed by atoms with E-state index < -0.39 is 0 Å². The zero-order valence-electron chi connectivity index (χ0n) is 12.9. The highest BCUT2D eigenvalue weighted by Crippen LogP contribution is 2.27. The van der Waals surface area contributed by atoms with Crippen molar-refractivity contribution in [3.05, 3.63) is 29.3 Å². The molecule has 1 aliphatic carbocycles. The maximum atomic E-state index is 6.09. The number of anilines is 1. The Morgan fingerprint density at radius 3 is 2.71 bits per heavy atom. The quantitative estimate of drug-likeness (QED) is 0.923. The fraction of sp³-hybridized carbons (Fsp3) is 0.647. The van der Waals surface area contributed by atoms with Gasteiger partial charge < -0.3 is 10.2 Å². The van der Waals surface area contributed by atoms with Gasteiger partial charge in [0.25, 0.3) is 0 Å². The van der Waals surface area contributed by atoms with E-state index in [1.807, 2.05) is 12.1 Å². The van der Waals surface area contributed by atoms with Crippen molar-refractivity contribution in [2.75, 3.05) is 44.7 Å². The van der Waals surface area contributed by atoms with Crippen LogP contribution in [0.25, 0.3) is 0 Å². The lowest BCUT2D eigenvalue weighted by atomic mass is 10.0. The highest BCUT2D eigenvalue weighted by atomic mass is 35.5. The molecule has 1 heterocycles. The van der Waals surface area contributed by atoms with Crippen LogP contribution in [-0.2, 0) is 0 Å². The number of benzene rings is 1. The lowest BCUT2D eigenvalue weighted by molar-refractivity contribution is 0.206. The normalized spacial score (nSPS) is 27.2. The minimum absolute atomic E-state index is 0.732. The molecule has 1 saturated carbocycles. The standard InChI is InChI=1S/C17H26ClN3/c1-19-17-7-2-4-14(17)13-20-8-10-21(11-9-20)16-6-3-5-15(18)12-16/h3,5-6,12,14,17,19H,2,4,7-11,13H2,1H3. The van der Waals surface area contributed by atoms with Gasteiger partial charge in [-0.3, -0.25) is 4.90 Å². The summed E-state index contributed by atoms with van der Waals surface area (Å²) in [6, 6.07) is 8.95. The average molecular weight is 308 g/mol. The Balaban J connectivity index is 1.51. The summed E-state index contributed by atoms with van der Waals surface area (Å²) < 4.78 is 0. The number of hydrogen-bond donors (Lipinski definition) is 1. The molecule has 0 bridgehead atoms. The molecule has 2 aliphatic rings. The van der Waals surface area contributed by atoms with Crippen LogP contribution in [0.4, 0.5) is 5.69 Å². The van der Waals surface area contributed by atoms with Crippen molar-refractivity contribution in [1.29, 1.82) is 0 Å². The van der Waals surface area contributed by atoms with Gasteiger partial charge in [0.2, 0.25) is 0 Å². The number of hydrogen-bond acceptors (Lipinski definition) is 3. The third-order valence-electron chi connectivity index (χ3n) is 5.07. The second kappa shape index (κ2) is 6.99. The van der Waals surface area contributed by atoms with Crippen LogP contribution in [0.2, 0.25) is 5.02 Å². The number of nitrogens with zero attached hydrogens (tertiary/aromatic N) is 2. The van der Waals surface area contributed by atoms with Gasteiger partial charge in [0.05, 0.1) is 0 Å². The molecule has 1 N–H and O–H groups in total. The molecule has 0 amide bonds. The summed E-state index contributed by atoms with van der Waals surface area (Å²) in [6.45, 7) is 5.81. The Labute approximate surface area is 133 Å². The van der Waals surface area contributed by atoms with Gasteiger partial charge in [0.1, 0.15) is 0 Å². The molecule has 116 valence electrons. The summed E-state index contributed by atoms with van der Waals surface area (Å²) in [5, 5.41) is 4.32. The number of halogens is 1. The summed E-state index contributed by atoms with van der Waals surface area (Å²) in [5.41, 5.74) is 1.26. The summed E-state index contributed by atoms with van der Waals surface area (Å²) >= 11 is 6.09. The van der Waals surface area contributed by atoms with Gasteiger partial charge in [0, 0.05) is 49.5 Å². The average Bonchev–Trinajstić information content (AvgIpc) is 2.95. The molecule has 1 aliphatic heterocycles. The third kappa shape index (κ3) is 3.71. The predicted molar refractivity (Wildman–Crippen MR) is 90.3 cm³/mol. The van der Waals surface area contributed by atoms with Crippen molar-refractivity contribution in [3.63, 3.8) is 0 Å². The minimum atomic E-state index is 0.732. The SMILES string of the molecule is CNC1CCCC1CN1CCN(c2cccc(Cl)c2)CC1. The van der Waals surface area contributed by atoms with Crippen LogP contribution in [0.1, 0.15) is 19.3 Å². The van der Waals surface area contributed by atoms with Gasteiger partial charge in [-0.15, -0.1) is 0 Å². The van der Waals surface area contributed by atoms with E-state index in [0.29, 0.717) is 0 Å². The molecular formula is C17H26ClN3. The molecule has 0 radical (unpaired) electrons. The summed E-state index contributed by atoms with van der Waals surface area (Å²) in [6.07, 6.45) is 4.13. The van der Waals surface area contributed by atoms with E-state index in [1.54, 1.807) is 0 Å². The minimum Gasteiger partial charge on any atom is -0.369 e. The molecular weight excluding hydrogens is 282 g/mol. The van der Waals surface area contributed by atoms with E-state index in [9.17, 15) is 0 Å². The molecule has 2 unspecified atom stereocenters. The van der Waals surface area contributed by atoms with E-state index in [1.165, 1.54) is 44.6 Å². The highest BCUT2D eigenvalue weighted by Gasteiger charge is 2.28. The van der Waals surface area contributed by atoms with Crippen LogP contribution in [0, 0.1) is 5.92 Å². The molecule has 3 nitrogen and oxygen atoms in total. The Kier molecular flexibility index (Phi) is 5.04. The van der Waals surface area contributed by atoms with Crippen LogP contribution in [0.15, 0.2) is 24.3 Å². The van der Waals surface area contributed by atoms with Crippen molar-refractivity contribution in [2.45, 2.75) is 25.3 Å².